The van der Waals surface area contributed by atoms with Gasteiger partial charge in [-0.3, -0.25) is 4.79 Å². The van der Waals surface area contributed by atoms with Gasteiger partial charge in [0.2, 0.25) is 0 Å². The lowest BCUT2D eigenvalue weighted by atomic mass is 10.1. The van der Waals surface area contributed by atoms with Crippen molar-refractivity contribution in [3.05, 3.63) is 29.3 Å². The molecule has 7 heteroatoms. The van der Waals surface area contributed by atoms with Gasteiger partial charge in [-0.05, 0) is 18.2 Å². The highest BCUT2D eigenvalue weighted by Gasteiger charge is 2.35. The molecule has 1 aromatic carbocycles. The standard InChI is InChI=1S/C12H10N2O3S2/c15-11(14-6-18-4-9(14)12(16)17)7-1-2-8-10(3-7)19-5-13-8/h1-3,5,9H,4,6H2,(H,16,17)/t9-/m0/s1. The average molecular weight is 294 g/mol. The minimum absolute atomic E-state index is 0.229. The van der Waals surface area contributed by atoms with E-state index in [0.29, 0.717) is 17.2 Å². The summed E-state index contributed by atoms with van der Waals surface area (Å²) < 4.78 is 0.935. The summed E-state index contributed by atoms with van der Waals surface area (Å²) in [5.74, 6) is -0.301. The predicted octanol–water partition coefficient (Wildman–Crippen LogP) is 1.90. The van der Waals surface area contributed by atoms with Gasteiger partial charge in [-0.2, -0.15) is 0 Å². The molecule has 1 fully saturated rings. The Balaban J connectivity index is 1.92. The van der Waals surface area contributed by atoms with Gasteiger partial charge in [-0.15, -0.1) is 23.1 Å². The highest BCUT2D eigenvalue weighted by molar-refractivity contribution is 7.99. The molecule has 1 aliphatic rings. The zero-order chi connectivity index (χ0) is 13.4. The zero-order valence-electron chi connectivity index (χ0n) is 9.78. The van der Waals surface area contributed by atoms with Gasteiger partial charge in [0.05, 0.1) is 21.6 Å². The van der Waals surface area contributed by atoms with Crippen molar-refractivity contribution < 1.29 is 14.7 Å². The maximum absolute atomic E-state index is 12.4. The van der Waals surface area contributed by atoms with E-state index < -0.39 is 12.0 Å². The van der Waals surface area contributed by atoms with E-state index in [1.54, 1.807) is 23.7 Å². The number of carboxylic acid groups (broad SMARTS) is 1. The summed E-state index contributed by atoms with van der Waals surface area (Å²) in [7, 11) is 0. The largest absolute Gasteiger partial charge is 0.480 e. The number of carboxylic acids is 1. The Morgan fingerprint density at radius 1 is 1.42 bits per heavy atom. The van der Waals surface area contributed by atoms with E-state index in [1.807, 2.05) is 0 Å². The molecule has 98 valence electrons. The second kappa shape index (κ2) is 4.82. The smallest absolute Gasteiger partial charge is 0.327 e. The summed E-state index contributed by atoms with van der Waals surface area (Å²) in [6.45, 7) is 0. The number of carbonyl (C=O) groups is 2. The molecule has 19 heavy (non-hydrogen) atoms. The molecule has 1 N–H and O–H groups in total. The fraction of sp³-hybridized carbons (Fsp3) is 0.250. The topological polar surface area (TPSA) is 70.5 Å². The number of hydrogen-bond donors (Lipinski definition) is 1. The minimum Gasteiger partial charge on any atom is -0.480 e. The monoisotopic (exact) mass is 294 g/mol. The Morgan fingerprint density at radius 3 is 3.05 bits per heavy atom. The van der Waals surface area contributed by atoms with E-state index >= 15 is 0 Å². The number of aromatic nitrogens is 1. The van der Waals surface area contributed by atoms with Crippen molar-refractivity contribution >= 4 is 45.2 Å². The van der Waals surface area contributed by atoms with Crippen LogP contribution in [0.25, 0.3) is 10.2 Å². The number of hydrogen-bond acceptors (Lipinski definition) is 5. The van der Waals surface area contributed by atoms with Crippen molar-refractivity contribution in [2.24, 2.45) is 0 Å². The summed E-state index contributed by atoms with van der Waals surface area (Å²) in [6.07, 6.45) is 0. The molecular formula is C12H10N2O3S2. The average Bonchev–Trinajstić information content (AvgIpc) is 3.05. The highest BCUT2D eigenvalue weighted by atomic mass is 32.2. The molecule has 2 heterocycles. The van der Waals surface area contributed by atoms with Crippen LogP contribution >= 0.6 is 23.1 Å². The Hall–Kier alpha value is -1.60. The number of nitrogens with zero attached hydrogens (tertiary/aromatic N) is 2. The summed E-state index contributed by atoms with van der Waals surface area (Å²) in [6, 6.07) is 4.54. The molecule has 1 aromatic heterocycles. The van der Waals surface area contributed by atoms with Crippen LogP contribution in [0.5, 0.6) is 0 Å². The van der Waals surface area contributed by atoms with Gasteiger partial charge in [-0.25, -0.2) is 9.78 Å². The van der Waals surface area contributed by atoms with Gasteiger partial charge in [0.1, 0.15) is 6.04 Å². The lowest BCUT2D eigenvalue weighted by Gasteiger charge is -2.20. The number of amides is 1. The van der Waals surface area contributed by atoms with E-state index in [9.17, 15) is 9.59 Å². The molecule has 1 saturated heterocycles. The summed E-state index contributed by atoms with van der Waals surface area (Å²) in [4.78, 5) is 29.0. The van der Waals surface area contributed by atoms with Crippen molar-refractivity contribution in [2.45, 2.75) is 6.04 Å². The third kappa shape index (κ3) is 2.19. The molecule has 0 unspecified atom stereocenters. The molecule has 0 radical (unpaired) electrons. The SMILES string of the molecule is O=C(O)[C@@H]1CSCN1C(=O)c1ccc2ncsc2c1. The summed E-state index contributed by atoms with van der Waals surface area (Å²) in [5.41, 5.74) is 3.10. The first-order valence-electron chi connectivity index (χ1n) is 5.61. The maximum atomic E-state index is 12.4. The van der Waals surface area contributed by atoms with Crippen LogP contribution in [0.1, 0.15) is 10.4 Å². The van der Waals surface area contributed by atoms with E-state index in [4.69, 9.17) is 5.11 Å². The Morgan fingerprint density at radius 2 is 2.26 bits per heavy atom. The van der Waals surface area contributed by atoms with Crippen molar-refractivity contribution in [3.63, 3.8) is 0 Å². The van der Waals surface area contributed by atoms with Gasteiger partial charge in [0, 0.05) is 11.3 Å². The normalized spacial score (nSPS) is 18.9. The molecule has 0 aliphatic carbocycles. The van der Waals surface area contributed by atoms with Gasteiger partial charge in [0.15, 0.2) is 0 Å². The first kappa shape index (κ1) is 12.4. The van der Waals surface area contributed by atoms with Crippen LogP contribution in [0.15, 0.2) is 23.7 Å². The number of carbonyl (C=O) groups excluding carboxylic acids is 1. The molecule has 2 aromatic rings. The fourth-order valence-corrected chi connectivity index (χ4v) is 3.86. The van der Waals surface area contributed by atoms with Crippen LogP contribution in [0, 0.1) is 0 Å². The zero-order valence-corrected chi connectivity index (χ0v) is 11.4. The Kier molecular flexibility index (Phi) is 3.16. The van der Waals surface area contributed by atoms with Gasteiger partial charge in [0.25, 0.3) is 5.91 Å². The number of aliphatic carboxylic acids is 1. The van der Waals surface area contributed by atoms with Crippen LogP contribution in [-0.2, 0) is 4.79 Å². The van der Waals surface area contributed by atoms with Gasteiger partial charge in [-0.1, -0.05) is 0 Å². The molecule has 5 nitrogen and oxygen atoms in total. The molecule has 3 rings (SSSR count). The van der Waals surface area contributed by atoms with E-state index in [0.717, 1.165) is 10.2 Å². The second-order valence-electron chi connectivity index (χ2n) is 4.16. The van der Waals surface area contributed by atoms with Crippen molar-refractivity contribution in [1.29, 1.82) is 0 Å². The highest BCUT2D eigenvalue weighted by Crippen LogP contribution is 2.25. The molecule has 0 spiro atoms. The van der Waals surface area contributed by atoms with E-state index in [1.165, 1.54) is 28.0 Å². The summed E-state index contributed by atoms with van der Waals surface area (Å²) in [5, 5.41) is 9.10. The molecule has 0 saturated carbocycles. The fourth-order valence-electron chi connectivity index (χ4n) is 2.00. The van der Waals surface area contributed by atoms with Crippen LogP contribution in [0.2, 0.25) is 0 Å². The number of thiazole rings is 1. The van der Waals surface area contributed by atoms with E-state index in [2.05, 4.69) is 4.98 Å². The molecule has 1 amide bonds. The number of rotatable bonds is 2. The second-order valence-corrected chi connectivity index (χ2v) is 6.05. The van der Waals surface area contributed by atoms with Crippen LogP contribution in [0.4, 0.5) is 0 Å². The lowest BCUT2D eigenvalue weighted by Crippen LogP contribution is -2.41. The van der Waals surface area contributed by atoms with Gasteiger partial charge >= 0.3 is 5.97 Å². The third-order valence-corrected chi connectivity index (χ3v) is 4.81. The Bertz CT molecular complexity index is 655. The first-order chi connectivity index (χ1) is 9.16. The van der Waals surface area contributed by atoms with Crippen molar-refractivity contribution in [2.75, 3.05) is 11.6 Å². The predicted molar refractivity (Wildman–Crippen MR) is 74.5 cm³/mol. The van der Waals surface area contributed by atoms with Crippen molar-refractivity contribution in [3.8, 4) is 0 Å². The quantitative estimate of drug-likeness (QED) is 0.916. The maximum Gasteiger partial charge on any atom is 0.327 e. The summed E-state index contributed by atoms with van der Waals surface area (Å²) >= 11 is 2.93. The van der Waals surface area contributed by atoms with Crippen molar-refractivity contribution in [1.82, 2.24) is 9.88 Å². The van der Waals surface area contributed by atoms with E-state index in [-0.39, 0.29) is 5.91 Å². The molecular weight excluding hydrogens is 284 g/mol. The lowest BCUT2D eigenvalue weighted by molar-refractivity contribution is -0.140. The number of benzene rings is 1. The minimum atomic E-state index is -0.947. The Labute approximate surface area is 117 Å². The molecule has 1 aliphatic heterocycles. The first-order valence-corrected chi connectivity index (χ1v) is 7.65. The van der Waals surface area contributed by atoms with Gasteiger partial charge < -0.3 is 10.0 Å². The molecule has 0 bridgehead atoms. The number of thioether (sulfide) groups is 1. The molecule has 1 atom stereocenters. The van der Waals surface area contributed by atoms with Crippen LogP contribution in [-0.4, -0.2) is 44.5 Å². The van der Waals surface area contributed by atoms with Crippen LogP contribution in [0.3, 0.4) is 0 Å². The number of fused-ring (bicyclic) bond motifs is 1. The third-order valence-electron chi connectivity index (χ3n) is 3.01. The van der Waals surface area contributed by atoms with Crippen LogP contribution < -0.4 is 0 Å².